The van der Waals surface area contributed by atoms with Gasteiger partial charge in [-0.2, -0.15) is 13.2 Å². The van der Waals surface area contributed by atoms with Crippen molar-refractivity contribution in [1.29, 1.82) is 0 Å². The van der Waals surface area contributed by atoms with Gasteiger partial charge in [-0.05, 0) is 105 Å². The number of rotatable bonds is 3. The zero-order valence-electron chi connectivity index (χ0n) is 20.2. The van der Waals surface area contributed by atoms with E-state index in [1.807, 2.05) is 20.8 Å². The lowest BCUT2D eigenvalue weighted by molar-refractivity contribution is -0.208. The van der Waals surface area contributed by atoms with E-state index in [-0.39, 0.29) is 22.7 Å². The summed E-state index contributed by atoms with van der Waals surface area (Å²) in [4.78, 5) is 12.1. The maximum absolute atomic E-state index is 13.3. The molecule has 0 bridgehead atoms. The zero-order chi connectivity index (χ0) is 23.0. The smallest absolute Gasteiger partial charge is 0.391 e. The van der Waals surface area contributed by atoms with Crippen LogP contribution in [0, 0.1) is 46.3 Å². The molecule has 4 rings (SSSR count). The highest BCUT2D eigenvalue weighted by molar-refractivity contribution is 5.69. The molecule has 0 N–H and O–H groups in total. The maximum Gasteiger partial charge on any atom is 0.391 e. The van der Waals surface area contributed by atoms with Gasteiger partial charge in [-0.25, -0.2) is 0 Å². The molecule has 7 unspecified atom stereocenters. The van der Waals surface area contributed by atoms with Crippen molar-refractivity contribution in [3.05, 3.63) is 0 Å². The number of fused-ring (bicyclic) bond motifs is 5. The Morgan fingerprint density at radius 2 is 1.58 bits per heavy atom. The number of alkyl halides is 3. The predicted octanol–water partition coefficient (Wildman–Crippen LogP) is 7.80. The van der Waals surface area contributed by atoms with Gasteiger partial charge in [0.25, 0.3) is 0 Å². The van der Waals surface area contributed by atoms with Gasteiger partial charge in [0, 0.05) is 6.42 Å². The monoisotopic (exact) mass is 444 g/mol. The van der Waals surface area contributed by atoms with Gasteiger partial charge in [0.15, 0.2) is 0 Å². The molecule has 4 aliphatic rings. The third-order valence-corrected chi connectivity index (χ3v) is 10.0. The highest BCUT2D eigenvalue weighted by atomic mass is 19.4. The van der Waals surface area contributed by atoms with Crippen LogP contribution < -0.4 is 0 Å². The molecule has 4 aliphatic carbocycles. The lowest BCUT2D eigenvalue weighted by Crippen LogP contribution is -2.54. The summed E-state index contributed by atoms with van der Waals surface area (Å²) in [6.07, 6.45) is 4.45. The van der Waals surface area contributed by atoms with Crippen LogP contribution in [0.1, 0.15) is 98.8 Å². The Morgan fingerprint density at radius 3 is 2.23 bits per heavy atom. The summed E-state index contributed by atoms with van der Waals surface area (Å²) < 4.78 is 45.3. The summed E-state index contributed by atoms with van der Waals surface area (Å²) in [5.41, 5.74) is 0.269. The third-order valence-electron chi connectivity index (χ3n) is 10.0. The summed E-state index contributed by atoms with van der Waals surface area (Å²) >= 11 is 0. The molecule has 0 aromatic carbocycles. The SMILES string of the molecule is CC.CCOC(=O)CC1CCC2C3CCC4CC(C(F)(F)F)CCC4(C)C3CC[C@]12C. The molecule has 0 aliphatic heterocycles. The molecule has 0 amide bonds. The van der Waals surface area contributed by atoms with Crippen molar-refractivity contribution in [1.82, 2.24) is 0 Å². The van der Waals surface area contributed by atoms with Crippen LogP contribution in [0.3, 0.4) is 0 Å². The van der Waals surface area contributed by atoms with E-state index in [2.05, 4.69) is 13.8 Å². The standard InChI is InChI=1S/C24H37F3O2.C2H6/c1-4-29-21(28)14-16-6-8-19-18-7-5-15-13-17(24(25,26)27)9-11-22(15,2)20(18)10-12-23(16,19)3;1-2/h15-20H,4-14H2,1-3H3;1-2H3/t15?,16?,17?,18?,19?,20?,22?,23-;/m1./s1. The minimum Gasteiger partial charge on any atom is -0.466 e. The predicted molar refractivity (Wildman–Crippen MR) is 117 cm³/mol. The van der Waals surface area contributed by atoms with Gasteiger partial charge in [-0.15, -0.1) is 0 Å². The van der Waals surface area contributed by atoms with E-state index >= 15 is 0 Å². The van der Waals surface area contributed by atoms with Gasteiger partial charge < -0.3 is 4.74 Å². The van der Waals surface area contributed by atoms with E-state index in [0.29, 0.717) is 49.5 Å². The molecule has 0 aromatic heterocycles. The van der Waals surface area contributed by atoms with E-state index in [9.17, 15) is 18.0 Å². The molecule has 31 heavy (non-hydrogen) atoms. The van der Waals surface area contributed by atoms with Gasteiger partial charge in [0.1, 0.15) is 0 Å². The number of hydrogen-bond donors (Lipinski definition) is 0. The van der Waals surface area contributed by atoms with Gasteiger partial charge in [0.2, 0.25) is 0 Å². The lowest BCUT2D eigenvalue weighted by Gasteiger charge is -2.61. The molecule has 4 saturated carbocycles. The molecule has 8 atom stereocenters. The molecule has 5 heteroatoms. The van der Waals surface area contributed by atoms with Crippen molar-refractivity contribution in [2.24, 2.45) is 46.3 Å². The Morgan fingerprint density at radius 1 is 0.935 bits per heavy atom. The first-order valence-corrected chi connectivity index (χ1v) is 12.8. The molecule has 0 radical (unpaired) electrons. The molecule has 0 heterocycles. The Hall–Kier alpha value is -0.740. The Kier molecular flexibility index (Phi) is 7.43. The van der Waals surface area contributed by atoms with Crippen molar-refractivity contribution >= 4 is 5.97 Å². The maximum atomic E-state index is 13.3. The number of carbonyl (C=O) groups is 1. The first kappa shape index (κ1) is 24.9. The van der Waals surface area contributed by atoms with Crippen LogP contribution in [-0.2, 0) is 9.53 Å². The van der Waals surface area contributed by atoms with Crippen LogP contribution in [0.5, 0.6) is 0 Å². The number of halogens is 3. The summed E-state index contributed by atoms with van der Waals surface area (Å²) in [5.74, 6) is 1.29. The third kappa shape index (κ3) is 4.40. The average Bonchev–Trinajstić information content (AvgIpc) is 3.04. The van der Waals surface area contributed by atoms with Crippen LogP contribution in [-0.4, -0.2) is 18.8 Å². The number of carbonyl (C=O) groups excluding carboxylic acids is 1. The van der Waals surface area contributed by atoms with Crippen molar-refractivity contribution in [3.63, 3.8) is 0 Å². The number of esters is 1. The van der Waals surface area contributed by atoms with Crippen molar-refractivity contribution in [2.45, 2.75) is 105 Å². The van der Waals surface area contributed by atoms with Gasteiger partial charge in [0.05, 0.1) is 12.5 Å². The van der Waals surface area contributed by atoms with Crippen LogP contribution in [0.4, 0.5) is 13.2 Å². The van der Waals surface area contributed by atoms with Crippen molar-refractivity contribution in [3.8, 4) is 0 Å². The van der Waals surface area contributed by atoms with Gasteiger partial charge >= 0.3 is 12.1 Å². The second-order valence-corrected chi connectivity index (χ2v) is 11.0. The molecular weight excluding hydrogens is 401 g/mol. The van der Waals surface area contributed by atoms with Crippen molar-refractivity contribution in [2.75, 3.05) is 6.61 Å². The zero-order valence-corrected chi connectivity index (χ0v) is 20.2. The molecule has 0 aromatic rings. The fraction of sp³-hybridized carbons (Fsp3) is 0.962. The summed E-state index contributed by atoms with van der Waals surface area (Å²) in [6.45, 7) is 11.0. The van der Waals surface area contributed by atoms with E-state index in [1.165, 1.54) is 6.42 Å². The molecule has 4 fully saturated rings. The molecule has 0 saturated heterocycles. The molecular formula is C26H43F3O2. The number of ether oxygens (including phenoxy) is 1. The average molecular weight is 445 g/mol. The Bertz CT molecular complexity index is 633. The minimum absolute atomic E-state index is 0.0670. The van der Waals surface area contributed by atoms with Gasteiger partial charge in [-0.1, -0.05) is 27.7 Å². The highest BCUT2D eigenvalue weighted by Gasteiger charge is 2.61. The fourth-order valence-corrected chi connectivity index (χ4v) is 8.42. The molecule has 2 nitrogen and oxygen atoms in total. The molecule has 180 valence electrons. The van der Waals surface area contributed by atoms with Crippen LogP contribution in [0.15, 0.2) is 0 Å². The fourth-order valence-electron chi connectivity index (χ4n) is 8.42. The molecule has 0 spiro atoms. The normalized spacial score (nSPS) is 44.3. The number of hydrogen-bond acceptors (Lipinski definition) is 2. The van der Waals surface area contributed by atoms with Crippen LogP contribution in [0.2, 0.25) is 0 Å². The van der Waals surface area contributed by atoms with Crippen LogP contribution in [0.25, 0.3) is 0 Å². The summed E-state index contributed by atoms with van der Waals surface area (Å²) in [7, 11) is 0. The van der Waals surface area contributed by atoms with E-state index in [1.54, 1.807) is 0 Å². The van der Waals surface area contributed by atoms with E-state index < -0.39 is 12.1 Å². The van der Waals surface area contributed by atoms with Crippen LogP contribution >= 0.6 is 0 Å². The van der Waals surface area contributed by atoms with Gasteiger partial charge in [-0.3, -0.25) is 4.79 Å². The van der Waals surface area contributed by atoms with E-state index in [4.69, 9.17) is 4.74 Å². The minimum atomic E-state index is -4.03. The first-order chi connectivity index (χ1) is 14.6. The van der Waals surface area contributed by atoms with E-state index in [0.717, 1.165) is 38.5 Å². The van der Waals surface area contributed by atoms with Crippen molar-refractivity contribution < 1.29 is 22.7 Å². The second-order valence-electron chi connectivity index (χ2n) is 11.0. The lowest BCUT2D eigenvalue weighted by atomic mass is 9.44. The largest absolute Gasteiger partial charge is 0.466 e. The Labute approximate surface area is 187 Å². The Balaban J connectivity index is 0.00000132. The first-order valence-electron chi connectivity index (χ1n) is 12.8. The quantitative estimate of drug-likeness (QED) is 0.415. The highest BCUT2D eigenvalue weighted by Crippen LogP contribution is 2.68. The summed E-state index contributed by atoms with van der Waals surface area (Å²) in [5, 5.41) is 0. The second kappa shape index (κ2) is 9.25. The summed E-state index contributed by atoms with van der Waals surface area (Å²) in [6, 6.07) is 0. The topological polar surface area (TPSA) is 26.3 Å².